The maximum absolute atomic E-state index is 8.57. The van der Waals surface area contributed by atoms with Gasteiger partial charge in [-0.1, -0.05) is 28.1 Å². The summed E-state index contributed by atoms with van der Waals surface area (Å²) in [6.07, 6.45) is 3.91. The standard InChI is InChI=1S/C11H10BrNO/c12-7-1-2-8-14-11-5-3-10(9-13)4-6-11/h1-6H,7-8H2. The quantitative estimate of drug-likeness (QED) is 0.609. The third-order valence-corrected chi connectivity index (χ3v) is 1.96. The van der Waals surface area contributed by atoms with E-state index in [4.69, 9.17) is 10.00 Å². The molecule has 0 atom stereocenters. The molecule has 0 spiro atoms. The number of nitriles is 1. The number of rotatable bonds is 4. The Balaban J connectivity index is 2.45. The number of hydrogen-bond acceptors (Lipinski definition) is 2. The first kappa shape index (κ1) is 10.8. The fraction of sp³-hybridized carbons (Fsp3) is 0.182. The number of benzene rings is 1. The molecule has 3 heteroatoms. The average molecular weight is 252 g/mol. The van der Waals surface area contributed by atoms with Gasteiger partial charge in [-0.15, -0.1) is 0 Å². The second kappa shape index (κ2) is 6.22. The molecule has 14 heavy (non-hydrogen) atoms. The molecular formula is C11H10BrNO. The maximum Gasteiger partial charge on any atom is 0.119 e. The topological polar surface area (TPSA) is 33.0 Å². The first-order chi connectivity index (χ1) is 6.86. The van der Waals surface area contributed by atoms with Gasteiger partial charge < -0.3 is 4.74 Å². The zero-order valence-electron chi connectivity index (χ0n) is 7.61. The van der Waals surface area contributed by atoms with E-state index in [2.05, 4.69) is 22.0 Å². The Morgan fingerprint density at radius 2 is 2.00 bits per heavy atom. The summed E-state index contributed by atoms with van der Waals surface area (Å²) < 4.78 is 5.39. The zero-order valence-corrected chi connectivity index (χ0v) is 9.20. The first-order valence-corrected chi connectivity index (χ1v) is 5.33. The Morgan fingerprint density at radius 3 is 2.57 bits per heavy atom. The van der Waals surface area contributed by atoms with E-state index in [1.165, 1.54) is 0 Å². The molecule has 0 unspecified atom stereocenters. The molecule has 0 saturated heterocycles. The van der Waals surface area contributed by atoms with Crippen LogP contribution < -0.4 is 4.74 Å². The summed E-state index contributed by atoms with van der Waals surface area (Å²) in [6.45, 7) is 0.553. The van der Waals surface area contributed by atoms with Gasteiger partial charge in [0.2, 0.25) is 0 Å². The molecule has 1 aromatic carbocycles. The smallest absolute Gasteiger partial charge is 0.119 e. The monoisotopic (exact) mass is 251 g/mol. The summed E-state index contributed by atoms with van der Waals surface area (Å²) in [6, 6.07) is 9.12. The Morgan fingerprint density at radius 1 is 1.29 bits per heavy atom. The molecule has 72 valence electrons. The van der Waals surface area contributed by atoms with Gasteiger partial charge >= 0.3 is 0 Å². The van der Waals surface area contributed by atoms with Crippen molar-refractivity contribution >= 4 is 15.9 Å². The predicted octanol–water partition coefficient (Wildman–Crippen LogP) is 2.89. The summed E-state index contributed by atoms with van der Waals surface area (Å²) in [4.78, 5) is 0. The lowest BCUT2D eigenvalue weighted by Gasteiger charge is -2.01. The first-order valence-electron chi connectivity index (χ1n) is 4.20. The Kier molecular flexibility index (Phi) is 4.81. The van der Waals surface area contributed by atoms with Crippen molar-refractivity contribution in [3.05, 3.63) is 42.0 Å². The van der Waals surface area contributed by atoms with Crippen LogP contribution in [0.3, 0.4) is 0 Å². The molecule has 0 radical (unpaired) electrons. The number of ether oxygens (including phenoxy) is 1. The van der Waals surface area contributed by atoms with Gasteiger partial charge in [-0.05, 0) is 24.3 Å². The molecule has 0 amide bonds. The SMILES string of the molecule is N#Cc1ccc(OCC=CCBr)cc1. The van der Waals surface area contributed by atoms with E-state index in [0.717, 1.165) is 11.1 Å². The molecule has 0 bridgehead atoms. The van der Waals surface area contributed by atoms with Crippen molar-refractivity contribution in [1.29, 1.82) is 5.26 Å². The molecule has 2 nitrogen and oxygen atoms in total. The second-order valence-electron chi connectivity index (χ2n) is 2.57. The highest BCUT2D eigenvalue weighted by Gasteiger charge is 1.92. The highest BCUT2D eigenvalue weighted by atomic mass is 79.9. The Labute approximate surface area is 91.9 Å². The molecule has 0 aliphatic heterocycles. The van der Waals surface area contributed by atoms with Crippen LogP contribution in [0.1, 0.15) is 5.56 Å². The molecule has 1 rings (SSSR count). The minimum Gasteiger partial charge on any atom is -0.490 e. The lowest BCUT2D eigenvalue weighted by Crippen LogP contribution is -1.92. The van der Waals surface area contributed by atoms with E-state index in [1.807, 2.05) is 12.2 Å². The Bertz CT molecular complexity index is 337. The molecular weight excluding hydrogens is 242 g/mol. The fourth-order valence-electron chi connectivity index (χ4n) is 0.901. The van der Waals surface area contributed by atoms with Gasteiger partial charge in [0.05, 0.1) is 11.6 Å². The van der Waals surface area contributed by atoms with Crippen LogP contribution >= 0.6 is 15.9 Å². The van der Waals surface area contributed by atoms with Gasteiger partial charge in [0, 0.05) is 5.33 Å². The van der Waals surface area contributed by atoms with Crippen LogP contribution in [-0.4, -0.2) is 11.9 Å². The normalized spacial score (nSPS) is 10.0. The van der Waals surface area contributed by atoms with E-state index in [0.29, 0.717) is 12.2 Å². The average Bonchev–Trinajstić information content (AvgIpc) is 2.25. The molecule has 0 aliphatic carbocycles. The number of hydrogen-bond donors (Lipinski definition) is 0. The third kappa shape index (κ3) is 3.63. The third-order valence-electron chi connectivity index (χ3n) is 1.59. The molecule has 0 aromatic heterocycles. The molecule has 0 aliphatic rings. The summed E-state index contributed by atoms with van der Waals surface area (Å²) >= 11 is 3.28. The van der Waals surface area contributed by atoms with Crippen molar-refractivity contribution in [2.24, 2.45) is 0 Å². The van der Waals surface area contributed by atoms with Crippen molar-refractivity contribution in [3.63, 3.8) is 0 Å². The van der Waals surface area contributed by atoms with E-state index in [1.54, 1.807) is 24.3 Å². The van der Waals surface area contributed by atoms with Crippen molar-refractivity contribution in [3.8, 4) is 11.8 Å². The summed E-state index contributed by atoms with van der Waals surface area (Å²) in [5.74, 6) is 0.781. The largest absolute Gasteiger partial charge is 0.490 e. The predicted molar refractivity (Wildman–Crippen MR) is 59.6 cm³/mol. The van der Waals surface area contributed by atoms with Gasteiger partial charge in [-0.3, -0.25) is 0 Å². The number of allylic oxidation sites excluding steroid dienone is 1. The van der Waals surface area contributed by atoms with Crippen molar-refractivity contribution in [2.45, 2.75) is 0 Å². The summed E-state index contributed by atoms with van der Waals surface area (Å²) in [5.41, 5.74) is 0.647. The van der Waals surface area contributed by atoms with Crippen molar-refractivity contribution in [2.75, 3.05) is 11.9 Å². The van der Waals surface area contributed by atoms with E-state index < -0.39 is 0 Å². The van der Waals surface area contributed by atoms with Crippen LogP contribution in [0.4, 0.5) is 0 Å². The second-order valence-corrected chi connectivity index (χ2v) is 3.22. The number of halogens is 1. The zero-order chi connectivity index (χ0) is 10.2. The maximum atomic E-state index is 8.57. The van der Waals surface area contributed by atoms with Crippen LogP contribution in [0.2, 0.25) is 0 Å². The van der Waals surface area contributed by atoms with Crippen LogP contribution in [0.15, 0.2) is 36.4 Å². The number of nitrogens with zero attached hydrogens (tertiary/aromatic N) is 1. The van der Waals surface area contributed by atoms with E-state index in [-0.39, 0.29) is 0 Å². The minimum absolute atomic E-state index is 0.553. The fourth-order valence-corrected chi connectivity index (χ4v) is 1.17. The van der Waals surface area contributed by atoms with Crippen LogP contribution in [0, 0.1) is 11.3 Å². The van der Waals surface area contributed by atoms with Gasteiger partial charge in [-0.25, -0.2) is 0 Å². The lowest BCUT2D eigenvalue weighted by atomic mass is 10.2. The molecule has 0 fully saturated rings. The van der Waals surface area contributed by atoms with Crippen molar-refractivity contribution in [1.82, 2.24) is 0 Å². The molecule has 1 aromatic rings. The summed E-state index contributed by atoms with van der Waals surface area (Å²) in [7, 11) is 0. The molecule has 0 heterocycles. The van der Waals surface area contributed by atoms with Gasteiger partial charge in [-0.2, -0.15) is 5.26 Å². The Hall–Kier alpha value is -1.27. The summed E-state index contributed by atoms with van der Waals surface area (Å²) in [5, 5.41) is 9.40. The number of alkyl halides is 1. The molecule has 0 saturated carbocycles. The van der Waals surface area contributed by atoms with Gasteiger partial charge in [0.15, 0.2) is 0 Å². The lowest BCUT2D eigenvalue weighted by molar-refractivity contribution is 0.363. The van der Waals surface area contributed by atoms with Gasteiger partial charge in [0.25, 0.3) is 0 Å². The van der Waals surface area contributed by atoms with E-state index in [9.17, 15) is 0 Å². The van der Waals surface area contributed by atoms with E-state index >= 15 is 0 Å². The van der Waals surface area contributed by atoms with Gasteiger partial charge in [0.1, 0.15) is 12.4 Å². The van der Waals surface area contributed by atoms with Crippen LogP contribution in [0.25, 0.3) is 0 Å². The highest BCUT2D eigenvalue weighted by molar-refractivity contribution is 9.09. The highest BCUT2D eigenvalue weighted by Crippen LogP contribution is 2.11. The van der Waals surface area contributed by atoms with Crippen LogP contribution in [-0.2, 0) is 0 Å². The van der Waals surface area contributed by atoms with Crippen molar-refractivity contribution < 1.29 is 4.74 Å². The van der Waals surface area contributed by atoms with Crippen LogP contribution in [0.5, 0.6) is 5.75 Å². The molecule has 0 N–H and O–H groups in total. The minimum atomic E-state index is 0.553.